The molecule has 0 spiro atoms. The standard InChI is InChI=1S/C29H34N4O4S2/c1-6-32(7-2)19-20-33(29-30-26-25(37-5)18-13-21(3)27(26)38-29)28(34)22-14-16-24(17-15-22)39(35,36)31(4)23-11-9-8-10-12-23/h8-18H,6-7,19-20H2,1-5H3. The third-order valence-corrected chi connectivity index (χ3v) is 9.82. The lowest BCUT2D eigenvalue weighted by atomic mass is 10.2. The first-order chi connectivity index (χ1) is 18.7. The number of fused-ring (bicyclic) bond motifs is 1. The number of methoxy groups -OCH3 is 1. The van der Waals surface area contributed by atoms with Gasteiger partial charge < -0.3 is 9.64 Å². The number of hydrogen-bond donors (Lipinski definition) is 0. The molecule has 0 bridgehead atoms. The molecule has 4 rings (SSSR count). The molecular weight excluding hydrogens is 532 g/mol. The fourth-order valence-corrected chi connectivity index (χ4v) is 6.58. The molecule has 0 unspecified atom stereocenters. The predicted octanol–water partition coefficient (Wildman–Crippen LogP) is 5.43. The molecule has 0 aliphatic heterocycles. The van der Waals surface area contributed by atoms with E-state index >= 15 is 0 Å². The summed E-state index contributed by atoms with van der Waals surface area (Å²) in [5, 5.41) is 0.579. The molecule has 206 valence electrons. The molecule has 1 heterocycles. The summed E-state index contributed by atoms with van der Waals surface area (Å²) in [6.45, 7) is 9.05. The molecule has 8 nitrogen and oxygen atoms in total. The number of aryl methyl sites for hydroxylation is 1. The molecule has 4 aromatic rings. The Kier molecular flexibility index (Phi) is 8.89. The van der Waals surface area contributed by atoms with Gasteiger partial charge in [-0.15, -0.1) is 0 Å². The van der Waals surface area contributed by atoms with Crippen LogP contribution in [0.2, 0.25) is 0 Å². The number of rotatable bonds is 11. The molecule has 1 amide bonds. The number of likely N-dealkylation sites (N-methyl/N-ethyl adjacent to an activating group) is 1. The van der Waals surface area contributed by atoms with Gasteiger partial charge in [0.1, 0.15) is 11.3 Å². The summed E-state index contributed by atoms with van der Waals surface area (Å²) in [6.07, 6.45) is 0. The third kappa shape index (κ3) is 5.93. The minimum absolute atomic E-state index is 0.112. The maximum absolute atomic E-state index is 13.8. The maximum atomic E-state index is 13.8. The van der Waals surface area contributed by atoms with Gasteiger partial charge in [0.05, 0.1) is 22.4 Å². The Bertz CT molecular complexity index is 1530. The van der Waals surface area contributed by atoms with Gasteiger partial charge in [-0.2, -0.15) is 0 Å². The zero-order valence-corrected chi connectivity index (χ0v) is 24.6. The number of sulfonamides is 1. The average Bonchev–Trinajstić information content (AvgIpc) is 3.41. The Morgan fingerprint density at radius 1 is 0.949 bits per heavy atom. The van der Waals surface area contributed by atoms with Gasteiger partial charge >= 0.3 is 0 Å². The summed E-state index contributed by atoms with van der Waals surface area (Å²) in [5.41, 5.74) is 2.73. The van der Waals surface area contributed by atoms with Crippen molar-refractivity contribution < 1.29 is 17.9 Å². The number of thiazole rings is 1. The zero-order valence-electron chi connectivity index (χ0n) is 22.9. The SMILES string of the molecule is CCN(CC)CCN(C(=O)c1ccc(S(=O)(=O)N(C)c2ccccc2)cc1)c1nc2c(OC)ccc(C)c2s1. The van der Waals surface area contributed by atoms with Gasteiger partial charge in [-0.25, -0.2) is 13.4 Å². The van der Waals surface area contributed by atoms with E-state index in [0.717, 1.165) is 28.9 Å². The predicted molar refractivity (Wildman–Crippen MR) is 159 cm³/mol. The van der Waals surface area contributed by atoms with E-state index in [2.05, 4.69) is 18.7 Å². The summed E-state index contributed by atoms with van der Waals surface area (Å²) < 4.78 is 34.1. The second kappa shape index (κ2) is 12.1. The maximum Gasteiger partial charge on any atom is 0.264 e. The lowest BCUT2D eigenvalue weighted by Gasteiger charge is -2.25. The minimum atomic E-state index is -3.79. The molecule has 0 saturated carbocycles. The van der Waals surface area contributed by atoms with E-state index in [-0.39, 0.29) is 10.8 Å². The Morgan fingerprint density at radius 2 is 1.62 bits per heavy atom. The minimum Gasteiger partial charge on any atom is -0.494 e. The van der Waals surface area contributed by atoms with Crippen molar-refractivity contribution in [1.29, 1.82) is 0 Å². The summed E-state index contributed by atoms with van der Waals surface area (Å²) in [7, 11) is -0.663. The van der Waals surface area contributed by atoms with E-state index in [1.54, 1.807) is 48.4 Å². The van der Waals surface area contributed by atoms with Crippen molar-refractivity contribution in [2.75, 3.05) is 49.5 Å². The molecule has 0 atom stereocenters. The molecule has 0 radical (unpaired) electrons. The number of hydrogen-bond acceptors (Lipinski definition) is 7. The van der Waals surface area contributed by atoms with Crippen LogP contribution in [0.1, 0.15) is 29.8 Å². The van der Waals surface area contributed by atoms with Crippen LogP contribution in [0.15, 0.2) is 71.6 Å². The zero-order chi connectivity index (χ0) is 28.2. The van der Waals surface area contributed by atoms with Gasteiger partial charge in [0.25, 0.3) is 15.9 Å². The van der Waals surface area contributed by atoms with Crippen molar-refractivity contribution in [3.8, 4) is 5.75 Å². The number of nitrogens with zero attached hydrogens (tertiary/aromatic N) is 4. The van der Waals surface area contributed by atoms with Gasteiger partial charge in [0.15, 0.2) is 5.13 Å². The summed E-state index contributed by atoms with van der Waals surface area (Å²) in [5.74, 6) is 0.421. The highest BCUT2D eigenvalue weighted by molar-refractivity contribution is 7.92. The molecule has 10 heteroatoms. The van der Waals surface area contributed by atoms with Gasteiger partial charge in [-0.05, 0) is 68.0 Å². The van der Waals surface area contributed by atoms with Gasteiger partial charge in [0, 0.05) is 25.7 Å². The second-order valence-electron chi connectivity index (χ2n) is 9.08. The van der Waals surface area contributed by atoms with E-state index in [9.17, 15) is 13.2 Å². The van der Waals surface area contributed by atoms with Crippen molar-refractivity contribution in [3.05, 3.63) is 77.9 Å². The van der Waals surface area contributed by atoms with E-state index in [1.165, 1.54) is 34.8 Å². The van der Waals surface area contributed by atoms with E-state index in [0.29, 0.717) is 35.2 Å². The Morgan fingerprint density at radius 3 is 2.23 bits per heavy atom. The lowest BCUT2D eigenvalue weighted by molar-refractivity contribution is 0.0983. The van der Waals surface area contributed by atoms with Crippen LogP contribution in [0.25, 0.3) is 10.2 Å². The van der Waals surface area contributed by atoms with Gasteiger partial charge in [-0.1, -0.05) is 49.4 Å². The van der Waals surface area contributed by atoms with Gasteiger partial charge in [0.2, 0.25) is 0 Å². The first-order valence-electron chi connectivity index (χ1n) is 12.8. The third-order valence-electron chi connectivity index (χ3n) is 6.80. The van der Waals surface area contributed by atoms with Crippen LogP contribution in [0, 0.1) is 6.92 Å². The lowest BCUT2D eigenvalue weighted by Crippen LogP contribution is -2.38. The molecule has 0 aliphatic rings. The first kappa shape index (κ1) is 28.5. The number of carbonyl (C=O) groups is 1. The first-order valence-corrected chi connectivity index (χ1v) is 15.1. The molecular formula is C29H34N4O4S2. The van der Waals surface area contributed by atoms with Crippen LogP contribution < -0.4 is 13.9 Å². The van der Waals surface area contributed by atoms with E-state index in [4.69, 9.17) is 9.72 Å². The van der Waals surface area contributed by atoms with Crippen molar-refractivity contribution in [2.24, 2.45) is 0 Å². The molecule has 0 N–H and O–H groups in total. The highest BCUT2D eigenvalue weighted by Crippen LogP contribution is 2.37. The molecule has 39 heavy (non-hydrogen) atoms. The van der Waals surface area contributed by atoms with Crippen LogP contribution >= 0.6 is 11.3 Å². The van der Waals surface area contributed by atoms with E-state index < -0.39 is 10.0 Å². The Labute approximate surface area is 234 Å². The fourth-order valence-electron chi connectivity index (χ4n) is 4.30. The number of amides is 1. The highest BCUT2D eigenvalue weighted by atomic mass is 32.2. The topological polar surface area (TPSA) is 83.1 Å². The van der Waals surface area contributed by atoms with Crippen LogP contribution in [-0.4, -0.2) is 64.5 Å². The Balaban J connectivity index is 1.67. The summed E-state index contributed by atoms with van der Waals surface area (Å²) in [4.78, 5) is 22.7. The highest BCUT2D eigenvalue weighted by Gasteiger charge is 2.25. The summed E-state index contributed by atoms with van der Waals surface area (Å²) in [6, 6.07) is 18.8. The van der Waals surface area contributed by atoms with Crippen molar-refractivity contribution >= 4 is 48.3 Å². The smallest absolute Gasteiger partial charge is 0.264 e. The molecule has 0 saturated heterocycles. The normalized spacial score (nSPS) is 11.6. The van der Waals surface area contributed by atoms with Gasteiger partial charge in [-0.3, -0.25) is 14.0 Å². The van der Waals surface area contributed by atoms with Crippen LogP contribution in [-0.2, 0) is 10.0 Å². The number of ether oxygens (including phenoxy) is 1. The van der Waals surface area contributed by atoms with Crippen LogP contribution in [0.3, 0.4) is 0 Å². The number of anilines is 2. The Hall–Kier alpha value is -3.47. The number of aromatic nitrogens is 1. The van der Waals surface area contributed by atoms with Crippen molar-refractivity contribution in [3.63, 3.8) is 0 Å². The monoisotopic (exact) mass is 566 g/mol. The fraction of sp³-hybridized carbons (Fsp3) is 0.310. The number of benzene rings is 3. The molecule has 1 aromatic heterocycles. The van der Waals surface area contributed by atoms with Crippen LogP contribution in [0.4, 0.5) is 10.8 Å². The summed E-state index contributed by atoms with van der Waals surface area (Å²) >= 11 is 1.45. The molecule has 0 aliphatic carbocycles. The van der Waals surface area contributed by atoms with Crippen molar-refractivity contribution in [2.45, 2.75) is 25.7 Å². The quantitative estimate of drug-likeness (QED) is 0.241. The second-order valence-corrected chi connectivity index (χ2v) is 12.0. The number of carbonyl (C=O) groups excluding carboxylic acids is 1. The van der Waals surface area contributed by atoms with E-state index in [1.807, 2.05) is 25.1 Å². The van der Waals surface area contributed by atoms with Crippen molar-refractivity contribution in [1.82, 2.24) is 9.88 Å². The average molecular weight is 567 g/mol. The molecule has 0 fully saturated rings. The van der Waals surface area contributed by atoms with Crippen LogP contribution in [0.5, 0.6) is 5.75 Å². The molecule has 3 aromatic carbocycles. The largest absolute Gasteiger partial charge is 0.494 e. The number of para-hydroxylation sites is 1.